The summed E-state index contributed by atoms with van der Waals surface area (Å²) in [7, 11) is 0. The molecule has 0 atom stereocenters. The summed E-state index contributed by atoms with van der Waals surface area (Å²) >= 11 is 3.41. The lowest BCUT2D eigenvalue weighted by atomic mass is 10.0. The van der Waals surface area contributed by atoms with Gasteiger partial charge in [-0.3, -0.25) is 4.79 Å². The van der Waals surface area contributed by atoms with E-state index >= 15 is 0 Å². The molecule has 104 valence electrons. The predicted molar refractivity (Wildman–Crippen MR) is 84.3 cm³/mol. The van der Waals surface area contributed by atoms with Crippen molar-refractivity contribution >= 4 is 21.7 Å². The Labute approximate surface area is 127 Å². The predicted octanol–water partition coefficient (Wildman–Crippen LogP) is 4.79. The lowest BCUT2D eigenvalue weighted by molar-refractivity contribution is 0.101. The number of ketones is 1. The normalized spacial score (nSPS) is 10.3. The van der Waals surface area contributed by atoms with E-state index in [1.54, 1.807) is 6.92 Å². The molecule has 0 fully saturated rings. The highest BCUT2D eigenvalue weighted by atomic mass is 79.9. The molecule has 0 amide bonds. The number of rotatable bonds is 5. The maximum Gasteiger partial charge on any atom is 0.160 e. The molecule has 2 aromatic rings. The lowest BCUT2D eigenvalue weighted by Gasteiger charge is -2.10. The van der Waals surface area contributed by atoms with Gasteiger partial charge in [-0.1, -0.05) is 35.0 Å². The lowest BCUT2D eigenvalue weighted by Crippen LogP contribution is -2.01. The molecule has 20 heavy (non-hydrogen) atoms. The molecule has 2 aromatic carbocycles. The molecular weight excluding hydrogens is 316 g/mol. The number of halogens is 1. The molecule has 0 saturated heterocycles. The van der Waals surface area contributed by atoms with Gasteiger partial charge in [0.25, 0.3) is 0 Å². The highest BCUT2D eigenvalue weighted by Gasteiger charge is 2.07. The molecule has 0 aliphatic rings. The standard InChI is InChI=1S/C17H17BrO2/c1-3-14-10-16(8-9-17(14)12(2)19)20-11-13-4-6-15(18)7-5-13/h4-10H,3,11H2,1-2H3. The van der Waals surface area contributed by atoms with Gasteiger partial charge in [-0.2, -0.15) is 0 Å². The van der Waals surface area contributed by atoms with Crippen LogP contribution in [-0.4, -0.2) is 5.78 Å². The first-order chi connectivity index (χ1) is 9.60. The minimum Gasteiger partial charge on any atom is -0.489 e. The summed E-state index contributed by atoms with van der Waals surface area (Å²) in [5, 5.41) is 0. The summed E-state index contributed by atoms with van der Waals surface area (Å²) in [5.41, 5.74) is 2.93. The topological polar surface area (TPSA) is 26.3 Å². The first-order valence-corrected chi connectivity index (χ1v) is 7.40. The SMILES string of the molecule is CCc1cc(OCc2ccc(Br)cc2)ccc1C(C)=O. The summed E-state index contributed by atoms with van der Waals surface area (Å²) in [5.74, 6) is 0.899. The van der Waals surface area contributed by atoms with Crippen LogP contribution in [0.1, 0.15) is 35.3 Å². The van der Waals surface area contributed by atoms with Crippen molar-refractivity contribution in [1.29, 1.82) is 0 Å². The van der Waals surface area contributed by atoms with Gasteiger partial charge >= 0.3 is 0 Å². The van der Waals surface area contributed by atoms with Crippen LogP contribution in [-0.2, 0) is 13.0 Å². The average molecular weight is 333 g/mol. The van der Waals surface area contributed by atoms with Crippen molar-refractivity contribution < 1.29 is 9.53 Å². The zero-order valence-electron chi connectivity index (χ0n) is 11.7. The van der Waals surface area contributed by atoms with Crippen LogP contribution >= 0.6 is 15.9 Å². The third kappa shape index (κ3) is 3.70. The molecule has 0 heterocycles. The second-order valence-electron chi connectivity index (χ2n) is 4.64. The number of Topliss-reactive ketones (excluding diaryl/α,β-unsaturated/α-hetero) is 1. The average Bonchev–Trinajstić information content (AvgIpc) is 2.46. The van der Waals surface area contributed by atoms with Gasteiger partial charge in [0.05, 0.1) is 0 Å². The summed E-state index contributed by atoms with van der Waals surface area (Å²) in [4.78, 5) is 11.5. The zero-order valence-corrected chi connectivity index (χ0v) is 13.2. The molecule has 2 rings (SSSR count). The van der Waals surface area contributed by atoms with E-state index in [1.807, 2.05) is 49.4 Å². The van der Waals surface area contributed by atoms with E-state index in [-0.39, 0.29) is 5.78 Å². The number of carbonyl (C=O) groups excluding carboxylic acids is 1. The maximum atomic E-state index is 11.5. The van der Waals surface area contributed by atoms with E-state index in [0.717, 1.165) is 33.3 Å². The number of aryl methyl sites for hydroxylation is 1. The van der Waals surface area contributed by atoms with Crippen molar-refractivity contribution in [3.8, 4) is 5.75 Å². The Kier molecular flexibility index (Phi) is 4.96. The summed E-state index contributed by atoms with van der Waals surface area (Å²) in [6.45, 7) is 4.16. The fourth-order valence-corrected chi connectivity index (χ4v) is 2.31. The summed E-state index contributed by atoms with van der Waals surface area (Å²) in [6.07, 6.45) is 0.824. The molecule has 0 bridgehead atoms. The van der Waals surface area contributed by atoms with Gasteiger partial charge in [-0.05, 0) is 54.8 Å². The van der Waals surface area contributed by atoms with Crippen molar-refractivity contribution in [3.63, 3.8) is 0 Å². The van der Waals surface area contributed by atoms with Crippen LogP contribution in [0, 0.1) is 0 Å². The molecule has 0 aromatic heterocycles. The highest BCUT2D eigenvalue weighted by Crippen LogP contribution is 2.20. The van der Waals surface area contributed by atoms with Gasteiger partial charge in [-0.25, -0.2) is 0 Å². The maximum absolute atomic E-state index is 11.5. The van der Waals surface area contributed by atoms with Gasteiger partial charge in [-0.15, -0.1) is 0 Å². The van der Waals surface area contributed by atoms with E-state index in [2.05, 4.69) is 15.9 Å². The Morgan fingerprint density at radius 3 is 2.45 bits per heavy atom. The number of hydrogen-bond donors (Lipinski definition) is 0. The number of hydrogen-bond acceptors (Lipinski definition) is 2. The van der Waals surface area contributed by atoms with E-state index in [0.29, 0.717) is 6.61 Å². The second kappa shape index (κ2) is 6.71. The van der Waals surface area contributed by atoms with Gasteiger partial charge in [0.1, 0.15) is 12.4 Å². The molecule has 3 heteroatoms. The highest BCUT2D eigenvalue weighted by molar-refractivity contribution is 9.10. The fraction of sp³-hybridized carbons (Fsp3) is 0.235. The van der Waals surface area contributed by atoms with Gasteiger partial charge in [0.2, 0.25) is 0 Å². The zero-order chi connectivity index (χ0) is 14.5. The largest absolute Gasteiger partial charge is 0.489 e. The van der Waals surface area contributed by atoms with Crippen LogP contribution in [0.2, 0.25) is 0 Å². The molecule has 0 N–H and O–H groups in total. The second-order valence-corrected chi connectivity index (χ2v) is 5.56. The van der Waals surface area contributed by atoms with Crippen LogP contribution < -0.4 is 4.74 Å². The van der Waals surface area contributed by atoms with Crippen LogP contribution in [0.5, 0.6) is 5.75 Å². The van der Waals surface area contributed by atoms with Crippen LogP contribution in [0.15, 0.2) is 46.9 Å². The van der Waals surface area contributed by atoms with Gasteiger partial charge in [0.15, 0.2) is 5.78 Å². The first kappa shape index (κ1) is 14.8. The van der Waals surface area contributed by atoms with Crippen LogP contribution in [0.4, 0.5) is 0 Å². The molecule has 0 radical (unpaired) electrons. The van der Waals surface area contributed by atoms with Crippen molar-refractivity contribution in [2.24, 2.45) is 0 Å². The molecule has 0 aliphatic heterocycles. The Hall–Kier alpha value is -1.61. The Morgan fingerprint density at radius 1 is 1.15 bits per heavy atom. The fourth-order valence-electron chi connectivity index (χ4n) is 2.04. The summed E-state index contributed by atoms with van der Waals surface area (Å²) in [6, 6.07) is 13.7. The van der Waals surface area contributed by atoms with Crippen LogP contribution in [0.3, 0.4) is 0 Å². The van der Waals surface area contributed by atoms with Crippen molar-refractivity contribution in [2.75, 3.05) is 0 Å². The first-order valence-electron chi connectivity index (χ1n) is 6.61. The number of ether oxygens (including phenoxy) is 1. The van der Waals surface area contributed by atoms with Crippen LogP contribution in [0.25, 0.3) is 0 Å². The summed E-state index contributed by atoms with van der Waals surface area (Å²) < 4.78 is 6.84. The Bertz CT molecular complexity index is 603. The van der Waals surface area contributed by atoms with Crippen molar-refractivity contribution in [3.05, 3.63) is 63.6 Å². The quantitative estimate of drug-likeness (QED) is 0.735. The number of benzene rings is 2. The monoisotopic (exact) mass is 332 g/mol. The molecule has 2 nitrogen and oxygen atoms in total. The minimum atomic E-state index is 0.0984. The number of carbonyl (C=O) groups is 1. The van der Waals surface area contributed by atoms with Crippen molar-refractivity contribution in [2.45, 2.75) is 26.9 Å². The minimum absolute atomic E-state index is 0.0984. The third-order valence-electron chi connectivity index (χ3n) is 3.16. The Balaban J connectivity index is 2.10. The smallest absolute Gasteiger partial charge is 0.160 e. The van der Waals surface area contributed by atoms with Gasteiger partial charge < -0.3 is 4.74 Å². The molecule has 0 saturated carbocycles. The molecule has 0 spiro atoms. The van der Waals surface area contributed by atoms with E-state index in [4.69, 9.17) is 4.74 Å². The van der Waals surface area contributed by atoms with E-state index < -0.39 is 0 Å². The van der Waals surface area contributed by atoms with E-state index in [9.17, 15) is 4.79 Å². The molecular formula is C17H17BrO2. The van der Waals surface area contributed by atoms with Crippen molar-refractivity contribution in [1.82, 2.24) is 0 Å². The molecule has 0 aliphatic carbocycles. The Morgan fingerprint density at radius 2 is 1.85 bits per heavy atom. The molecule has 0 unspecified atom stereocenters. The van der Waals surface area contributed by atoms with E-state index in [1.165, 1.54) is 0 Å². The third-order valence-corrected chi connectivity index (χ3v) is 3.68. The van der Waals surface area contributed by atoms with Gasteiger partial charge in [0, 0.05) is 10.0 Å².